The van der Waals surface area contributed by atoms with E-state index >= 15 is 0 Å². The van der Waals surface area contributed by atoms with Crippen molar-refractivity contribution in [2.45, 2.75) is 40.2 Å². The van der Waals surface area contributed by atoms with Gasteiger partial charge in [-0.15, -0.1) is 12.4 Å². The molecule has 0 spiro atoms. The SMILES string of the molecule is Cc1ccc(C)c(CC(c2nccc3c(C)c(C)[nH]c23)N(C)c2ccc(F)cc2)c1.Cl. The maximum Gasteiger partial charge on any atom is 0.123 e. The quantitative estimate of drug-likeness (QED) is 0.373. The van der Waals surface area contributed by atoms with E-state index in [9.17, 15) is 4.39 Å². The molecule has 0 aliphatic heterocycles. The summed E-state index contributed by atoms with van der Waals surface area (Å²) in [6.07, 6.45) is 2.71. The summed E-state index contributed by atoms with van der Waals surface area (Å²) in [5.41, 5.74) is 9.28. The van der Waals surface area contributed by atoms with Crippen molar-refractivity contribution in [3.8, 4) is 0 Å². The van der Waals surface area contributed by atoms with E-state index < -0.39 is 0 Å². The molecule has 162 valence electrons. The molecule has 0 amide bonds. The Bertz CT molecular complexity index is 1200. The van der Waals surface area contributed by atoms with Crippen molar-refractivity contribution in [3.63, 3.8) is 0 Å². The van der Waals surface area contributed by atoms with Crippen LogP contribution < -0.4 is 4.90 Å². The van der Waals surface area contributed by atoms with E-state index in [0.717, 1.165) is 29.0 Å². The first kappa shape index (κ1) is 22.8. The van der Waals surface area contributed by atoms with Gasteiger partial charge in [-0.3, -0.25) is 4.98 Å². The fourth-order valence-corrected chi connectivity index (χ4v) is 4.16. The molecule has 2 aromatic carbocycles. The van der Waals surface area contributed by atoms with Crippen LogP contribution in [0.4, 0.5) is 10.1 Å². The second kappa shape index (κ2) is 9.11. The van der Waals surface area contributed by atoms with Crippen LogP contribution in [0.15, 0.2) is 54.7 Å². The van der Waals surface area contributed by atoms with Crippen molar-refractivity contribution in [2.24, 2.45) is 0 Å². The van der Waals surface area contributed by atoms with Gasteiger partial charge in [0.15, 0.2) is 0 Å². The van der Waals surface area contributed by atoms with E-state index in [4.69, 9.17) is 4.98 Å². The lowest BCUT2D eigenvalue weighted by atomic mass is 9.95. The number of aromatic nitrogens is 2. The third-order valence-electron chi connectivity index (χ3n) is 6.19. The van der Waals surface area contributed by atoms with Crippen molar-refractivity contribution in [1.82, 2.24) is 9.97 Å². The number of halogens is 2. The number of rotatable bonds is 5. The van der Waals surface area contributed by atoms with Crippen molar-refractivity contribution in [3.05, 3.63) is 94.2 Å². The number of nitrogens with one attached hydrogen (secondary N) is 1. The van der Waals surface area contributed by atoms with Crippen LogP contribution in [0.2, 0.25) is 0 Å². The summed E-state index contributed by atoms with van der Waals surface area (Å²) < 4.78 is 13.5. The van der Waals surface area contributed by atoms with Crippen molar-refractivity contribution < 1.29 is 4.39 Å². The molecule has 4 rings (SSSR count). The third kappa shape index (κ3) is 4.45. The zero-order valence-corrected chi connectivity index (χ0v) is 19.5. The number of benzene rings is 2. The topological polar surface area (TPSA) is 31.9 Å². The van der Waals surface area contributed by atoms with Crippen LogP contribution >= 0.6 is 12.4 Å². The number of hydrogen-bond donors (Lipinski definition) is 1. The molecule has 1 N–H and O–H groups in total. The highest BCUT2D eigenvalue weighted by molar-refractivity contribution is 5.86. The fourth-order valence-electron chi connectivity index (χ4n) is 4.16. The van der Waals surface area contributed by atoms with Gasteiger partial charge in [-0.25, -0.2) is 4.39 Å². The number of likely N-dealkylation sites (N-methyl/N-ethyl adjacent to an activating group) is 1. The summed E-state index contributed by atoms with van der Waals surface area (Å²) in [6, 6.07) is 15.3. The molecule has 2 aromatic heterocycles. The van der Waals surface area contributed by atoms with Crippen molar-refractivity contribution in [1.29, 1.82) is 0 Å². The zero-order valence-electron chi connectivity index (χ0n) is 18.7. The van der Waals surface area contributed by atoms with Crippen molar-refractivity contribution >= 4 is 29.0 Å². The summed E-state index contributed by atoms with van der Waals surface area (Å²) in [5.74, 6) is -0.228. The molecule has 5 heteroatoms. The summed E-state index contributed by atoms with van der Waals surface area (Å²) in [5, 5.41) is 1.20. The highest BCUT2D eigenvalue weighted by atomic mass is 35.5. The lowest BCUT2D eigenvalue weighted by molar-refractivity contribution is 0.624. The van der Waals surface area contributed by atoms with E-state index in [2.05, 4.69) is 68.9 Å². The van der Waals surface area contributed by atoms with Gasteiger partial charge in [-0.05, 0) is 81.1 Å². The lowest BCUT2D eigenvalue weighted by Gasteiger charge is -2.31. The average molecular weight is 438 g/mol. The van der Waals surface area contributed by atoms with Gasteiger partial charge in [0.05, 0.1) is 17.3 Å². The molecular formula is C26H29ClFN3. The van der Waals surface area contributed by atoms with Gasteiger partial charge in [0.1, 0.15) is 5.82 Å². The second-order valence-corrected chi connectivity index (χ2v) is 8.23. The van der Waals surface area contributed by atoms with Crippen LogP contribution in [0, 0.1) is 33.5 Å². The number of H-pyrrole nitrogens is 1. The molecule has 3 nitrogen and oxygen atoms in total. The van der Waals surface area contributed by atoms with Crippen LogP contribution in [0.1, 0.15) is 39.7 Å². The predicted octanol–water partition coefficient (Wildman–Crippen LogP) is 6.78. The second-order valence-electron chi connectivity index (χ2n) is 8.23. The van der Waals surface area contributed by atoms with Gasteiger partial charge in [0.2, 0.25) is 0 Å². The number of pyridine rings is 1. The van der Waals surface area contributed by atoms with E-state index in [1.165, 1.54) is 39.8 Å². The van der Waals surface area contributed by atoms with Crippen LogP contribution in [-0.2, 0) is 6.42 Å². The van der Waals surface area contributed by atoms with Gasteiger partial charge < -0.3 is 9.88 Å². The van der Waals surface area contributed by atoms with Crippen LogP contribution in [0.5, 0.6) is 0 Å². The summed E-state index contributed by atoms with van der Waals surface area (Å²) >= 11 is 0. The lowest BCUT2D eigenvalue weighted by Crippen LogP contribution is -2.27. The summed E-state index contributed by atoms with van der Waals surface area (Å²) in [4.78, 5) is 10.6. The Kier molecular flexibility index (Phi) is 6.71. The fraction of sp³-hybridized carbons (Fsp3) is 0.269. The van der Waals surface area contributed by atoms with E-state index in [1.54, 1.807) is 0 Å². The molecular weight excluding hydrogens is 409 g/mol. The first-order valence-electron chi connectivity index (χ1n) is 10.3. The maximum absolute atomic E-state index is 13.5. The minimum atomic E-state index is -0.228. The Morgan fingerprint density at radius 2 is 1.71 bits per heavy atom. The molecule has 0 fully saturated rings. The van der Waals surface area contributed by atoms with Crippen LogP contribution in [0.25, 0.3) is 10.9 Å². The molecule has 31 heavy (non-hydrogen) atoms. The minimum absolute atomic E-state index is 0. The van der Waals surface area contributed by atoms with E-state index in [1.807, 2.05) is 18.3 Å². The van der Waals surface area contributed by atoms with Gasteiger partial charge >= 0.3 is 0 Å². The van der Waals surface area contributed by atoms with E-state index in [0.29, 0.717) is 0 Å². The molecule has 0 saturated carbocycles. The number of nitrogens with zero attached hydrogens (tertiary/aromatic N) is 2. The number of fused-ring (bicyclic) bond motifs is 1. The number of hydrogen-bond acceptors (Lipinski definition) is 2. The summed E-state index contributed by atoms with van der Waals surface area (Å²) in [6.45, 7) is 8.52. The Balaban J connectivity index is 0.00000272. The monoisotopic (exact) mass is 437 g/mol. The Labute approximate surface area is 189 Å². The van der Waals surface area contributed by atoms with Gasteiger partial charge in [-0.1, -0.05) is 23.8 Å². The molecule has 0 saturated heterocycles. The average Bonchev–Trinajstić information content (AvgIpc) is 3.03. The molecule has 0 aliphatic rings. The molecule has 1 unspecified atom stereocenters. The van der Waals surface area contributed by atoms with Gasteiger partial charge in [-0.2, -0.15) is 0 Å². The molecule has 4 aromatic rings. The maximum atomic E-state index is 13.5. The Hall–Kier alpha value is -2.85. The largest absolute Gasteiger partial charge is 0.366 e. The van der Waals surface area contributed by atoms with Crippen molar-refractivity contribution in [2.75, 3.05) is 11.9 Å². The Morgan fingerprint density at radius 1 is 1.00 bits per heavy atom. The molecule has 0 bridgehead atoms. The van der Waals surface area contributed by atoms with E-state index in [-0.39, 0.29) is 24.3 Å². The van der Waals surface area contributed by atoms with Gasteiger partial charge in [0, 0.05) is 30.0 Å². The predicted molar refractivity (Wildman–Crippen MR) is 130 cm³/mol. The molecule has 2 heterocycles. The smallest absolute Gasteiger partial charge is 0.123 e. The first-order chi connectivity index (χ1) is 14.3. The number of aryl methyl sites for hydroxylation is 4. The van der Waals surface area contributed by atoms with Gasteiger partial charge in [0.25, 0.3) is 0 Å². The number of aromatic amines is 1. The summed E-state index contributed by atoms with van der Waals surface area (Å²) in [7, 11) is 2.06. The normalized spacial score (nSPS) is 11.9. The highest BCUT2D eigenvalue weighted by Gasteiger charge is 2.24. The standard InChI is InChI=1S/C26H28FN3.ClH/c1-16-6-7-17(2)20(14-16)15-24(30(5)22-10-8-21(27)9-11-22)26-25-23(12-13-28-26)18(3)19(4)29-25;/h6-14,24,29H,15H2,1-5H3;1H. The Morgan fingerprint density at radius 3 is 2.42 bits per heavy atom. The molecule has 0 aliphatic carbocycles. The zero-order chi connectivity index (χ0) is 21.4. The molecule has 1 atom stereocenters. The first-order valence-corrected chi connectivity index (χ1v) is 10.3. The molecule has 0 radical (unpaired) electrons. The number of anilines is 1. The third-order valence-corrected chi connectivity index (χ3v) is 6.19. The highest BCUT2D eigenvalue weighted by Crippen LogP contribution is 2.34. The minimum Gasteiger partial charge on any atom is -0.366 e. The van der Waals surface area contributed by atoms with Crippen LogP contribution in [0.3, 0.4) is 0 Å². The van der Waals surface area contributed by atoms with Crippen LogP contribution in [-0.4, -0.2) is 17.0 Å².